The van der Waals surface area contributed by atoms with E-state index in [4.69, 9.17) is 0 Å². The molecule has 0 saturated heterocycles. The Morgan fingerprint density at radius 1 is 1.28 bits per heavy atom. The highest BCUT2D eigenvalue weighted by atomic mass is 16.3. The van der Waals surface area contributed by atoms with Gasteiger partial charge in [-0.25, -0.2) is 0 Å². The molecule has 1 N–H and O–H groups in total. The van der Waals surface area contributed by atoms with E-state index in [1.165, 1.54) is 10.9 Å². The standard InChI is InChI=1S/C16H19NO/c1-12(11-14-6-4-8-16(14)18)17-10-9-13-5-2-3-7-15(13)17/h2-3,5,7,9-10,14,16,18H,1,4,6,8,11H2. The van der Waals surface area contributed by atoms with Crippen molar-refractivity contribution in [1.29, 1.82) is 0 Å². The van der Waals surface area contributed by atoms with Gasteiger partial charge in [-0.2, -0.15) is 0 Å². The van der Waals surface area contributed by atoms with Gasteiger partial charge in [0.1, 0.15) is 0 Å². The minimum Gasteiger partial charge on any atom is -0.393 e. The Kier molecular flexibility index (Phi) is 2.96. The molecule has 0 radical (unpaired) electrons. The van der Waals surface area contributed by atoms with Crippen LogP contribution in [0.4, 0.5) is 0 Å². The van der Waals surface area contributed by atoms with Crippen LogP contribution >= 0.6 is 0 Å². The fourth-order valence-corrected chi connectivity index (χ4v) is 3.02. The van der Waals surface area contributed by atoms with E-state index in [-0.39, 0.29) is 6.10 Å². The molecule has 1 aliphatic rings. The molecular weight excluding hydrogens is 222 g/mol. The summed E-state index contributed by atoms with van der Waals surface area (Å²) < 4.78 is 2.15. The molecule has 2 heteroatoms. The number of hydrogen-bond donors (Lipinski definition) is 1. The first-order valence-corrected chi connectivity index (χ1v) is 6.68. The summed E-state index contributed by atoms with van der Waals surface area (Å²) in [7, 11) is 0. The van der Waals surface area contributed by atoms with Crippen LogP contribution in [-0.2, 0) is 0 Å². The molecule has 2 nitrogen and oxygen atoms in total. The van der Waals surface area contributed by atoms with Gasteiger partial charge in [0.2, 0.25) is 0 Å². The first-order chi connectivity index (χ1) is 8.75. The molecule has 2 aromatic rings. The highest BCUT2D eigenvalue weighted by Gasteiger charge is 2.25. The molecule has 3 rings (SSSR count). The molecule has 0 spiro atoms. The number of aliphatic hydroxyl groups is 1. The Bertz CT molecular complexity index is 569. The van der Waals surface area contributed by atoms with Crippen LogP contribution in [0.15, 0.2) is 43.1 Å². The zero-order valence-corrected chi connectivity index (χ0v) is 10.5. The number of fused-ring (bicyclic) bond motifs is 1. The van der Waals surface area contributed by atoms with E-state index < -0.39 is 0 Å². The number of aromatic nitrogens is 1. The molecule has 2 atom stereocenters. The zero-order chi connectivity index (χ0) is 12.5. The number of para-hydroxylation sites is 1. The van der Waals surface area contributed by atoms with Crippen LogP contribution in [0.3, 0.4) is 0 Å². The van der Waals surface area contributed by atoms with Crippen molar-refractivity contribution in [2.45, 2.75) is 31.8 Å². The molecule has 1 aliphatic carbocycles. The third-order valence-corrected chi connectivity index (χ3v) is 4.06. The minimum atomic E-state index is -0.136. The number of rotatable bonds is 3. The van der Waals surface area contributed by atoms with Crippen LogP contribution in [0.1, 0.15) is 25.7 Å². The minimum absolute atomic E-state index is 0.136. The van der Waals surface area contributed by atoms with Gasteiger partial charge < -0.3 is 9.67 Å². The summed E-state index contributed by atoms with van der Waals surface area (Å²) in [5.74, 6) is 0.388. The Hall–Kier alpha value is -1.54. The second-order valence-electron chi connectivity index (χ2n) is 5.27. The highest BCUT2D eigenvalue weighted by Crippen LogP contribution is 2.32. The summed E-state index contributed by atoms with van der Waals surface area (Å²) in [6.45, 7) is 4.20. The number of benzene rings is 1. The van der Waals surface area contributed by atoms with Crippen molar-refractivity contribution in [3.8, 4) is 0 Å². The molecule has 18 heavy (non-hydrogen) atoms. The van der Waals surface area contributed by atoms with Crippen molar-refractivity contribution in [3.63, 3.8) is 0 Å². The molecule has 1 saturated carbocycles. The molecule has 1 aromatic carbocycles. The third kappa shape index (κ3) is 1.97. The topological polar surface area (TPSA) is 25.2 Å². The molecule has 0 bridgehead atoms. The van der Waals surface area contributed by atoms with Gasteiger partial charge in [0, 0.05) is 11.9 Å². The molecule has 1 fully saturated rings. The van der Waals surface area contributed by atoms with E-state index in [0.29, 0.717) is 5.92 Å². The Morgan fingerprint density at radius 2 is 2.11 bits per heavy atom. The predicted octanol–water partition coefficient (Wildman–Crippen LogP) is 3.66. The first kappa shape index (κ1) is 11.5. The van der Waals surface area contributed by atoms with Gasteiger partial charge in [-0.05, 0) is 42.7 Å². The lowest BCUT2D eigenvalue weighted by atomic mass is 10.00. The van der Waals surface area contributed by atoms with Gasteiger partial charge in [0.15, 0.2) is 0 Å². The maximum Gasteiger partial charge on any atom is 0.0572 e. The van der Waals surface area contributed by atoms with Gasteiger partial charge in [0.05, 0.1) is 11.6 Å². The SMILES string of the molecule is C=C(CC1CCCC1O)n1ccc2ccccc21. The number of allylic oxidation sites excluding steroid dienone is 1. The van der Waals surface area contributed by atoms with Gasteiger partial charge in [-0.1, -0.05) is 31.2 Å². The predicted molar refractivity (Wildman–Crippen MR) is 75.2 cm³/mol. The first-order valence-electron chi connectivity index (χ1n) is 6.68. The van der Waals surface area contributed by atoms with Gasteiger partial charge in [0.25, 0.3) is 0 Å². The summed E-state index contributed by atoms with van der Waals surface area (Å²) in [4.78, 5) is 0. The van der Waals surface area contributed by atoms with E-state index in [1.807, 2.05) is 0 Å². The summed E-state index contributed by atoms with van der Waals surface area (Å²) >= 11 is 0. The van der Waals surface area contributed by atoms with Crippen LogP contribution < -0.4 is 0 Å². The van der Waals surface area contributed by atoms with Crippen molar-refractivity contribution in [2.75, 3.05) is 0 Å². The van der Waals surface area contributed by atoms with Crippen molar-refractivity contribution >= 4 is 16.6 Å². The van der Waals surface area contributed by atoms with Gasteiger partial charge in [-0.15, -0.1) is 0 Å². The second-order valence-corrected chi connectivity index (χ2v) is 5.27. The molecule has 94 valence electrons. The van der Waals surface area contributed by atoms with Gasteiger partial charge in [-0.3, -0.25) is 0 Å². The van der Waals surface area contributed by atoms with Crippen LogP contribution in [0.2, 0.25) is 0 Å². The Labute approximate surface area is 108 Å². The fourth-order valence-electron chi connectivity index (χ4n) is 3.02. The monoisotopic (exact) mass is 241 g/mol. The molecule has 1 heterocycles. The maximum atomic E-state index is 9.90. The summed E-state index contributed by atoms with van der Waals surface area (Å²) in [5, 5.41) is 11.1. The zero-order valence-electron chi connectivity index (χ0n) is 10.5. The number of aliphatic hydroxyl groups excluding tert-OH is 1. The lowest BCUT2D eigenvalue weighted by molar-refractivity contribution is 0.134. The average molecular weight is 241 g/mol. The van der Waals surface area contributed by atoms with E-state index in [0.717, 1.165) is 31.4 Å². The lowest BCUT2D eigenvalue weighted by Gasteiger charge is -2.17. The van der Waals surface area contributed by atoms with E-state index in [2.05, 4.69) is 47.7 Å². The quantitative estimate of drug-likeness (QED) is 0.871. The van der Waals surface area contributed by atoms with Gasteiger partial charge >= 0.3 is 0 Å². The largest absolute Gasteiger partial charge is 0.393 e. The molecular formula is C16H19NO. The number of nitrogens with zero attached hydrogens (tertiary/aromatic N) is 1. The summed E-state index contributed by atoms with van der Waals surface area (Å²) in [5.41, 5.74) is 2.29. The number of hydrogen-bond acceptors (Lipinski definition) is 1. The maximum absolute atomic E-state index is 9.90. The molecule has 0 aliphatic heterocycles. The van der Waals surface area contributed by atoms with Crippen molar-refractivity contribution in [2.24, 2.45) is 5.92 Å². The third-order valence-electron chi connectivity index (χ3n) is 4.06. The van der Waals surface area contributed by atoms with Crippen LogP contribution in [-0.4, -0.2) is 15.8 Å². The smallest absolute Gasteiger partial charge is 0.0572 e. The summed E-state index contributed by atoms with van der Waals surface area (Å²) in [6, 6.07) is 10.5. The fraction of sp³-hybridized carbons (Fsp3) is 0.375. The van der Waals surface area contributed by atoms with Crippen molar-refractivity contribution in [1.82, 2.24) is 4.57 Å². The van der Waals surface area contributed by atoms with Crippen molar-refractivity contribution < 1.29 is 5.11 Å². The van der Waals surface area contributed by atoms with Crippen molar-refractivity contribution in [3.05, 3.63) is 43.1 Å². The molecule has 1 aromatic heterocycles. The van der Waals surface area contributed by atoms with Crippen LogP contribution in [0, 0.1) is 5.92 Å². The Balaban J connectivity index is 1.84. The van der Waals surface area contributed by atoms with Crippen LogP contribution in [0.25, 0.3) is 16.6 Å². The second kappa shape index (κ2) is 4.62. The van der Waals surface area contributed by atoms with Crippen LogP contribution in [0.5, 0.6) is 0 Å². The summed E-state index contributed by atoms with van der Waals surface area (Å²) in [6.07, 6.45) is 6.05. The van der Waals surface area contributed by atoms with E-state index >= 15 is 0 Å². The normalized spacial score (nSPS) is 23.6. The van der Waals surface area contributed by atoms with E-state index in [1.54, 1.807) is 0 Å². The lowest BCUT2D eigenvalue weighted by Crippen LogP contribution is -2.14. The Morgan fingerprint density at radius 3 is 2.89 bits per heavy atom. The average Bonchev–Trinajstić information content (AvgIpc) is 2.96. The van der Waals surface area contributed by atoms with E-state index in [9.17, 15) is 5.11 Å². The molecule has 0 amide bonds. The highest BCUT2D eigenvalue weighted by molar-refractivity contribution is 5.83. The molecule has 2 unspecified atom stereocenters.